The maximum absolute atomic E-state index is 14.3. The van der Waals surface area contributed by atoms with Crippen molar-refractivity contribution in [2.45, 2.75) is 27.7 Å². The Morgan fingerprint density at radius 1 is 0.209 bits per heavy atom. The van der Waals surface area contributed by atoms with Crippen LogP contribution in [0.1, 0.15) is 22.3 Å². The second kappa shape index (κ2) is 27.0. The molecule has 8 nitrogen and oxygen atoms in total. The molecule has 86 heavy (non-hydrogen) atoms. The molecule has 8 heterocycles. The van der Waals surface area contributed by atoms with E-state index in [1.54, 1.807) is 49.1 Å². The Balaban J connectivity index is 0.000000127. The van der Waals surface area contributed by atoms with Crippen LogP contribution in [0.2, 0.25) is 0 Å². The third-order valence-electron chi connectivity index (χ3n) is 14.7. The van der Waals surface area contributed by atoms with Gasteiger partial charge in [-0.3, -0.25) is 39.9 Å². The van der Waals surface area contributed by atoms with Crippen LogP contribution in [0.5, 0.6) is 0 Å². The molecule has 14 heteroatoms. The molecular weight excluding hydrogens is 1090 g/mol. The molecule has 0 aliphatic rings. The van der Waals surface area contributed by atoms with E-state index >= 15 is 0 Å². The molecule has 0 aliphatic carbocycles. The molecule has 0 spiro atoms. The van der Waals surface area contributed by atoms with Crippen molar-refractivity contribution in [3.8, 4) is 89.0 Å². The van der Waals surface area contributed by atoms with E-state index in [9.17, 15) is 26.3 Å². The average molecular weight is 1140 g/mol. The highest BCUT2D eigenvalue weighted by Crippen LogP contribution is 2.40. The molecule has 0 bridgehead atoms. The Morgan fingerprint density at radius 2 is 0.419 bits per heavy atom. The second-order valence-electron chi connectivity index (χ2n) is 19.7. The average Bonchev–Trinajstić information content (AvgIpc) is 1.24. The zero-order chi connectivity index (χ0) is 60.1. The molecule has 8 aromatic heterocycles. The van der Waals surface area contributed by atoms with Crippen LogP contribution in [0.25, 0.3) is 99.8 Å². The Hall–Kier alpha value is -10.9. The molecular formula is C72H52F6N8. The Morgan fingerprint density at radius 3 is 0.663 bits per heavy atom. The van der Waals surface area contributed by atoms with Gasteiger partial charge in [0.15, 0.2) is 23.3 Å². The van der Waals surface area contributed by atoms with Gasteiger partial charge >= 0.3 is 0 Å². The van der Waals surface area contributed by atoms with E-state index in [1.165, 1.54) is 139 Å². The summed E-state index contributed by atoms with van der Waals surface area (Å²) < 4.78 is 85.4. The highest BCUT2D eigenvalue weighted by Gasteiger charge is 2.27. The summed E-state index contributed by atoms with van der Waals surface area (Å²) in [7, 11) is 0. The van der Waals surface area contributed by atoms with Gasteiger partial charge in [-0.05, 0) is 249 Å². The van der Waals surface area contributed by atoms with Gasteiger partial charge in [0.05, 0.1) is 11.1 Å². The van der Waals surface area contributed by atoms with Gasteiger partial charge in [-0.2, -0.15) is 0 Å². The maximum Gasteiger partial charge on any atom is 0.170 e. The van der Waals surface area contributed by atoms with Crippen molar-refractivity contribution in [3.63, 3.8) is 0 Å². The summed E-state index contributed by atoms with van der Waals surface area (Å²) in [5, 5.41) is 2.49. The zero-order valence-electron chi connectivity index (χ0n) is 46.9. The van der Waals surface area contributed by atoms with Crippen LogP contribution in [0.4, 0.5) is 26.3 Å². The maximum atomic E-state index is 14.3. The largest absolute Gasteiger partial charge is 0.265 e. The van der Waals surface area contributed by atoms with Crippen molar-refractivity contribution in [2.75, 3.05) is 0 Å². The lowest BCUT2D eigenvalue weighted by atomic mass is 9.84. The Bertz CT molecular complexity index is 3940. The first-order valence-electron chi connectivity index (χ1n) is 27.1. The van der Waals surface area contributed by atoms with Crippen molar-refractivity contribution in [1.29, 1.82) is 0 Å². The monoisotopic (exact) mass is 1140 g/mol. The van der Waals surface area contributed by atoms with E-state index < -0.39 is 46.0 Å². The summed E-state index contributed by atoms with van der Waals surface area (Å²) in [4.78, 5) is 31.5. The molecule has 0 saturated heterocycles. The summed E-state index contributed by atoms with van der Waals surface area (Å²) >= 11 is 0. The van der Waals surface area contributed by atoms with Crippen molar-refractivity contribution >= 4 is 10.8 Å². The molecule has 0 aliphatic heterocycles. The van der Waals surface area contributed by atoms with Crippen LogP contribution in [-0.2, 0) is 0 Å². The summed E-state index contributed by atoms with van der Waals surface area (Å²) in [6, 6.07) is 43.7. The molecule has 0 atom stereocenters. The quantitative estimate of drug-likeness (QED) is 0.109. The third kappa shape index (κ3) is 13.0. The number of aromatic nitrogens is 8. The predicted molar refractivity (Wildman–Crippen MR) is 328 cm³/mol. The number of rotatable bonds is 8. The van der Waals surface area contributed by atoms with E-state index in [1.807, 2.05) is 73.8 Å². The fraction of sp³-hybridized carbons (Fsp3) is 0.0556. The zero-order valence-corrected chi connectivity index (χ0v) is 46.9. The van der Waals surface area contributed by atoms with E-state index in [2.05, 4.69) is 128 Å². The molecule has 0 N–H and O–H groups in total. The second-order valence-corrected chi connectivity index (χ2v) is 19.7. The SMILES string of the molecule is Cc1c(C)c(-c2ccncc2)c(C)c(C)c1-c1ccncc1.Fc1c(F)c(-c2ccncc2)c(F)c(F)c1-c1ccncc1.Fc1cc(-c2ccncc2)c(F)cc1-c1ccncc1.c1cc(-c2ccc3cc(-c4ccncc4)ccc3c2)ccn1. The number of nitrogens with zero attached hydrogens (tertiary/aromatic N) is 8. The van der Waals surface area contributed by atoms with Crippen molar-refractivity contribution in [1.82, 2.24) is 39.9 Å². The topological polar surface area (TPSA) is 103 Å². The van der Waals surface area contributed by atoms with E-state index in [0.717, 1.165) is 0 Å². The van der Waals surface area contributed by atoms with Crippen LogP contribution in [0, 0.1) is 62.6 Å². The van der Waals surface area contributed by atoms with Crippen LogP contribution in [0.3, 0.4) is 0 Å². The summed E-state index contributed by atoms with van der Waals surface area (Å²) in [6.07, 6.45) is 26.0. The highest BCUT2D eigenvalue weighted by molar-refractivity contribution is 5.91. The minimum atomic E-state index is -1.45. The van der Waals surface area contributed by atoms with Crippen molar-refractivity contribution < 1.29 is 26.3 Å². The van der Waals surface area contributed by atoms with Gasteiger partial charge in [-0.25, -0.2) is 26.3 Å². The van der Waals surface area contributed by atoms with Gasteiger partial charge in [-0.1, -0.05) is 24.3 Å². The van der Waals surface area contributed by atoms with Crippen LogP contribution < -0.4 is 0 Å². The number of halogens is 6. The van der Waals surface area contributed by atoms with Crippen molar-refractivity contribution in [2.24, 2.45) is 0 Å². The van der Waals surface area contributed by atoms with Crippen LogP contribution >= 0.6 is 0 Å². The Kier molecular flexibility index (Phi) is 18.3. The summed E-state index contributed by atoms with van der Waals surface area (Å²) in [6.45, 7) is 8.84. The van der Waals surface area contributed by atoms with E-state index in [-0.39, 0.29) is 22.3 Å². The third-order valence-corrected chi connectivity index (χ3v) is 14.7. The summed E-state index contributed by atoms with van der Waals surface area (Å²) in [5.74, 6) is -6.73. The molecule has 0 saturated carbocycles. The smallest absolute Gasteiger partial charge is 0.170 e. The number of fused-ring (bicyclic) bond motifs is 1. The van der Waals surface area contributed by atoms with Gasteiger partial charge in [-0.15, -0.1) is 0 Å². The van der Waals surface area contributed by atoms with Crippen molar-refractivity contribution in [3.05, 3.63) is 302 Å². The Labute approximate surface area is 493 Å². The van der Waals surface area contributed by atoms with Gasteiger partial charge in [0, 0.05) is 110 Å². The first-order valence-corrected chi connectivity index (χ1v) is 27.1. The fourth-order valence-electron chi connectivity index (χ4n) is 10.1. The summed E-state index contributed by atoms with van der Waals surface area (Å²) in [5.41, 5.74) is 15.4. The standard InChI is InChI=1S/C20H14N2.C20H20N2.C16H8F4N2.C16H10F2N2/c1-3-19-14-18(16-7-11-22-12-8-16)2-4-20(19)13-17(1)15-5-9-21-10-6-15;1-13-14(2)20(18-7-11-22-12-8-18)16(4)15(3)19(13)17-5-9-21-10-6-17;17-13-11(9-1-5-21-6-2-9)14(18)16(20)12(15(13)19)10-3-7-22-8-4-10;17-15-10-14(12-3-7-20-8-4-12)16(18)9-13(15)11-1-5-19-6-2-11/h1-14H;5-12H,1-4H3;1-8H;1-10H. The normalized spacial score (nSPS) is 10.7. The lowest BCUT2D eigenvalue weighted by Crippen LogP contribution is -2.03. The van der Waals surface area contributed by atoms with Crippen LogP contribution in [-0.4, -0.2) is 39.9 Å². The lowest BCUT2D eigenvalue weighted by Gasteiger charge is -2.21. The van der Waals surface area contributed by atoms with Gasteiger partial charge in [0.25, 0.3) is 0 Å². The minimum absolute atomic E-state index is 0.00378. The van der Waals surface area contributed by atoms with Gasteiger partial charge < -0.3 is 0 Å². The molecule has 0 fully saturated rings. The van der Waals surface area contributed by atoms with Gasteiger partial charge in [0.1, 0.15) is 11.6 Å². The van der Waals surface area contributed by atoms with Gasteiger partial charge in [0.2, 0.25) is 0 Å². The minimum Gasteiger partial charge on any atom is -0.265 e. The molecule has 422 valence electrons. The van der Waals surface area contributed by atoms with E-state index in [4.69, 9.17) is 0 Å². The molecule has 0 amide bonds. The lowest BCUT2D eigenvalue weighted by molar-refractivity contribution is 0.463. The first kappa shape index (κ1) is 58.3. The number of pyridine rings is 8. The molecule has 0 radical (unpaired) electrons. The molecule has 5 aromatic carbocycles. The molecule has 13 aromatic rings. The first-order chi connectivity index (χ1) is 41.9. The number of hydrogen-bond donors (Lipinski definition) is 0. The number of benzene rings is 5. The fourth-order valence-corrected chi connectivity index (χ4v) is 10.1. The molecule has 0 unspecified atom stereocenters. The van der Waals surface area contributed by atoms with E-state index in [0.29, 0.717) is 11.1 Å². The highest BCUT2D eigenvalue weighted by atomic mass is 19.2. The molecule has 13 rings (SSSR count). The van der Waals surface area contributed by atoms with Crippen LogP contribution in [0.15, 0.2) is 245 Å². The number of hydrogen-bond acceptors (Lipinski definition) is 8. The predicted octanol–water partition coefficient (Wildman–Crippen LogP) is 18.5.